The van der Waals surface area contributed by atoms with Crippen LogP contribution in [0.3, 0.4) is 0 Å². The van der Waals surface area contributed by atoms with E-state index in [4.69, 9.17) is 0 Å². The first-order valence-corrected chi connectivity index (χ1v) is 9.83. The lowest BCUT2D eigenvalue weighted by molar-refractivity contribution is -0.127. The molecule has 1 heterocycles. The van der Waals surface area contributed by atoms with Crippen molar-refractivity contribution in [1.82, 2.24) is 4.90 Å². The number of rotatable bonds is 5. The smallest absolute Gasteiger partial charge is 0.242 e. The summed E-state index contributed by atoms with van der Waals surface area (Å²) < 4.78 is 0. The predicted octanol–water partition coefficient (Wildman–Crippen LogP) is 4.15. The number of nitrogens with zero attached hydrogens (tertiary/aromatic N) is 2. The van der Waals surface area contributed by atoms with E-state index in [0.717, 1.165) is 23.4 Å². The fraction of sp³-hybridized carbons (Fsp3) is 0.286. The molecule has 0 spiro atoms. The molecular weight excluding hydrogens is 358 g/mol. The predicted molar refractivity (Wildman–Crippen MR) is 111 cm³/mol. The van der Waals surface area contributed by atoms with Crippen LogP contribution in [-0.2, 0) is 16.0 Å². The Morgan fingerprint density at radius 1 is 1.19 bits per heavy atom. The van der Waals surface area contributed by atoms with Crippen molar-refractivity contribution in [2.75, 3.05) is 12.4 Å². The number of hydrogen-bond acceptors (Lipinski definition) is 4. The number of anilines is 1. The van der Waals surface area contributed by atoms with E-state index in [1.165, 1.54) is 22.2 Å². The first kappa shape index (κ1) is 19.2. The number of amides is 2. The third kappa shape index (κ3) is 4.57. The van der Waals surface area contributed by atoms with Gasteiger partial charge in [-0.1, -0.05) is 49.0 Å². The zero-order valence-corrected chi connectivity index (χ0v) is 16.5. The molecule has 1 aliphatic heterocycles. The van der Waals surface area contributed by atoms with Gasteiger partial charge in [-0.25, -0.2) is 4.99 Å². The third-order valence-corrected chi connectivity index (χ3v) is 5.73. The lowest BCUT2D eigenvalue weighted by Crippen LogP contribution is -2.30. The van der Waals surface area contributed by atoms with E-state index in [1.54, 1.807) is 7.05 Å². The molecule has 3 rings (SSSR count). The van der Waals surface area contributed by atoms with Crippen LogP contribution in [0.4, 0.5) is 11.4 Å². The van der Waals surface area contributed by atoms with Crippen molar-refractivity contribution in [1.29, 1.82) is 0 Å². The molecule has 1 saturated heterocycles. The van der Waals surface area contributed by atoms with E-state index in [1.807, 2.05) is 55.5 Å². The summed E-state index contributed by atoms with van der Waals surface area (Å²) in [6, 6.07) is 15.6. The summed E-state index contributed by atoms with van der Waals surface area (Å²) >= 11 is 1.34. The van der Waals surface area contributed by atoms with Gasteiger partial charge in [-0.2, -0.15) is 0 Å². The van der Waals surface area contributed by atoms with E-state index >= 15 is 0 Å². The van der Waals surface area contributed by atoms with E-state index in [9.17, 15) is 9.59 Å². The van der Waals surface area contributed by atoms with Crippen LogP contribution in [0.5, 0.6) is 0 Å². The van der Waals surface area contributed by atoms with Crippen molar-refractivity contribution >= 4 is 40.1 Å². The maximum atomic E-state index is 12.5. The highest BCUT2D eigenvalue weighted by Crippen LogP contribution is 2.31. The standard InChI is InChI=1S/C21H23N3O2S/c1-4-15-9-11-16(12-10-15)22-21-24(3)20(26)18(27-21)13-19(25)23-17-8-6-5-7-14(17)2/h5-12,18H,4,13H2,1-3H3,(H,23,25). The molecule has 0 radical (unpaired) electrons. The van der Waals surface area contributed by atoms with Gasteiger partial charge in [0.1, 0.15) is 5.25 Å². The van der Waals surface area contributed by atoms with Gasteiger partial charge in [0.25, 0.3) is 0 Å². The molecule has 2 aromatic rings. The summed E-state index contributed by atoms with van der Waals surface area (Å²) in [6.45, 7) is 4.04. The molecule has 0 saturated carbocycles. The van der Waals surface area contributed by atoms with Crippen molar-refractivity contribution in [3.63, 3.8) is 0 Å². The molecule has 1 atom stereocenters. The van der Waals surface area contributed by atoms with Crippen LogP contribution >= 0.6 is 11.8 Å². The number of carbonyl (C=O) groups excluding carboxylic acids is 2. The molecule has 6 heteroatoms. The molecule has 2 amide bonds. The maximum absolute atomic E-state index is 12.5. The molecule has 1 aliphatic rings. The minimum Gasteiger partial charge on any atom is -0.326 e. The summed E-state index contributed by atoms with van der Waals surface area (Å²) in [5.41, 5.74) is 3.81. The van der Waals surface area contributed by atoms with Gasteiger partial charge in [-0.15, -0.1) is 0 Å². The summed E-state index contributed by atoms with van der Waals surface area (Å²) in [7, 11) is 1.70. The average Bonchev–Trinajstić information content (AvgIpc) is 2.92. The Balaban J connectivity index is 1.67. The van der Waals surface area contributed by atoms with Crippen molar-refractivity contribution in [3.05, 3.63) is 59.7 Å². The number of aryl methyl sites for hydroxylation is 2. The second-order valence-electron chi connectivity index (χ2n) is 6.49. The van der Waals surface area contributed by atoms with Gasteiger partial charge in [-0.05, 0) is 42.7 Å². The molecule has 0 bridgehead atoms. The molecule has 0 aliphatic carbocycles. The molecule has 1 N–H and O–H groups in total. The average molecular weight is 382 g/mol. The molecule has 0 aromatic heterocycles. The van der Waals surface area contributed by atoms with Crippen molar-refractivity contribution in [3.8, 4) is 0 Å². The van der Waals surface area contributed by atoms with Crippen molar-refractivity contribution < 1.29 is 9.59 Å². The van der Waals surface area contributed by atoms with Gasteiger partial charge >= 0.3 is 0 Å². The zero-order valence-electron chi connectivity index (χ0n) is 15.7. The number of para-hydroxylation sites is 1. The minimum absolute atomic E-state index is 0.0936. The SMILES string of the molecule is CCc1ccc(N=C2SC(CC(=O)Nc3ccccc3C)C(=O)N2C)cc1. The Morgan fingerprint density at radius 3 is 2.56 bits per heavy atom. The fourth-order valence-electron chi connectivity index (χ4n) is 2.80. The quantitative estimate of drug-likeness (QED) is 0.846. The number of hydrogen-bond donors (Lipinski definition) is 1. The summed E-state index contributed by atoms with van der Waals surface area (Å²) in [5, 5.41) is 3.06. The van der Waals surface area contributed by atoms with Crippen LogP contribution in [0.15, 0.2) is 53.5 Å². The van der Waals surface area contributed by atoms with Gasteiger partial charge in [0.15, 0.2) is 5.17 Å². The highest BCUT2D eigenvalue weighted by Gasteiger charge is 2.37. The van der Waals surface area contributed by atoms with E-state index in [0.29, 0.717) is 5.17 Å². The van der Waals surface area contributed by atoms with Gasteiger partial charge in [0.05, 0.1) is 5.69 Å². The van der Waals surface area contributed by atoms with Crippen molar-refractivity contribution in [2.45, 2.75) is 31.9 Å². The largest absolute Gasteiger partial charge is 0.326 e. The Kier molecular flexibility index (Phi) is 5.96. The fourth-order valence-corrected chi connectivity index (χ4v) is 3.95. The summed E-state index contributed by atoms with van der Waals surface area (Å²) in [5.74, 6) is -0.263. The van der Waals surface area contributed by atoms with Gasteiger partial charge in [0.2, 0.25) is 11.8 Å². The molecule has 27 heavy (non-hydrogen) atoms. The number of thioether (sulfide) groups is 1. The zero-order chi connectivity index (χ0) is 19.4. The lowest BCUT2D eigenvalue weighted by atomic mass is 10.2. The second-order valence-corrected chi connectivity index (χ2v) is 7.66. The topological polar surface area (TPSA) is 61.8 Å². The molecule has 1 fully saturated rings. The maximum Gasteiger partial charge on any atom is 0.242 e. The highest BCUT2D eigenvalue weighted by atomic mass is 32.2. The number of amidine groups is 1. The van der Waals surface area contributed by atoms with Gasteiger partial charge < -0.3 is 5.32 Å². The minimum atomic E-state index is -0.451. The van der Waals surface area contributed by atoms with Gasteiger partial charge in [0, 0.05) is 19.2 Å². The third-order valence-electron chi connectivity index (χ3n) is 4.50. The van der Waals surface area contributed by atoms with Crippen molar-refractivity contribution in [2.24, 2.45) is 4.99 Å². The van der Waals surface area contributed by atoms with E-state index < -0.39 is 5.25 Å². The van der Waals surface area contributed by atoms with Crippen LogP contribution < -0.4 is 5.32 Å². The monoisotopic (exact) mass is 381 g/mol. The lowest BCUT2D eigenvalue weighted by Gasteiger charge is -2.10. The highest BCUT2D eigenvalue weighted by molar-refractivity contribution is 8.15. The molecule has 2 aromatic carbocycles. The number of aliphatic imine (C=N–C) groups is 1. The number of carbonyl (C=O) groups is 2. The summed E-state index contributed by atoms with van der Waals surface area (Å²) in [6.07, 6.45) is 1.10. The van der Waals surface area contributed by atoms with E-state index in [2.05, 4.69) is 17.2 Å². The first-order valence-electron chi connectivity index (χ1n) is 8.95. The normalized spacial score (nSPS) is 18.2. The molecular formula is C21H23N3O2S. The second kappa shape index (κ2) is 8.39. The molecule has 1 unspecified atom stereocenters. The number of nitrogens with one attached hydrogen (secondary N) is 1. The van der Waals surface area contributed by atoms with Crippen LogP contribution in [0.2, 0.25) is 0 Å². The summed E-state index contributed by atoms with van der Waals surface area (Å²) in [4.78, 5) is 31.0. The van der Waals surface area contributed by atoms with E-state index in [-0.39, 0.29) is 18.2 Å². The van der Waals surface area contributed by atoms with Crippen LogP contribution in [0, 0.1) is 6.92 Å². The Hall–Kier alpha value is -2.60. The first-order chi connectivity index (χ1) is 13.0. The molecule has 140 valence electrons. The van der Waals surface area contributed by atoms with Crippen LogP contribution in [0.25, 0.3) is 0 Å². The van der Waals surface area contributed by atoms with Gasteiger partial charge in [-0.3, -0.25) is 14.5 Å². The Bertz CT molecular complexity index is 877. The number of benzene rings is 2. The Morgan fingerprint density at radius 2 is 1.89 bits per heavy atom. The van der Waals surface area contributed by atoms with Crippen LogP contribution in [-0.4, -0.2) is 34.2 Å². The van der Waals surface area contributed by atoms with Crippen LogP contribution in [0.1, 0.15) is 24.5 Å². The Labute approximate surface area is 163 Å². The molecule has 5 nitrogen and oxygen atoms in total.